The minimum Gasteiger partial charge on any atom is -0.465 e. The van der Waals surface area contributed by atoms with Gasteiger partial charge in [0.25, 0.3) is 0 Å². The Balaban J connectivity index is 2.35. The van der Waals surface area contributed by atoms with Gasteiger partial charge in [-0.1, -0.05) is 22.0 Å². The van der Waals surface area contributed by atoms with E-state index in [4.69, 9.17) is 5.11 Å². The number of carbonyl (C=O) groups is 1. The lowest BCUT2D eigenvalue weighted by Crippen LogP contribution is -2.32. The number of benzene rings is 1. The van der Waals surface area contributed by atoms with Crippen LogP contribution in [0.4, 0.5) is 4.79 Å². The average molecular weight is 284 g/mol. The van der Waals surface area contributed by atoms with Crippen LogP contribution >= 0.6 is 15.9 Å². The maximum Gasteiger partial charge on any atom is 0.407 e. The number of hydrogen-bond donors (Lipinski definition) is 1. The van der Waals surface area contributed by atoms with E-state index in [-0.39, 0.29) is 6.04 Å². The summed E-state index contributed by atoms with van der Waals surface area (Å²) >= 11 is 3.43. The van der Waals surface area contributed by atoms with Crippen molar-refractivity contribution in [2.45, 2.75) is 25.8 Å². The van der Waals surface area contributed by atoms with E-state index in [2.05, 4.69) is 22.0 Å². The van der Waals surface area contributed by atoms with Crippen molar-refractivity contribution in [1.29, 1.82) is 0 Å². The van der Waals surface area contributed by atoms with Crippen molar-refractivity contribution in [2.75, 3.05) is 6.54 Å². The van der Waals surface area contributed by atoms with E-state index in [1.807, 2.05) is 19.1 Å². The zero-order chi connectivity index (χ0) is 11.7. The monoisotopic (exact) mass is 283 g/mol. The topological polar surface area (TPSA) is 40.5 Å². The van der Waals surface area contributed by atoms with Crippen LogP contribution in [0.5, 0.6) is 0 Å². The highest BCUT2D eigenvalue weighted by Crippen LogP contribution is 2.37. The van der Waals surface area contributed by atoms with Gasteiger partial charge in [0.1, 0.15) is 0 Å². The maximum atomic E-state index is 11.1. The fourth-order valence-electron chi connectivity index (χ4n) is 2.36. The first-order valence-corrected chi connectivity index (χ1v) is 6.20. The van der Waals surface area contributed by atoms with Crippen LogP contribution in [0.1, 0.15) is 30.5 Å². The second kappa shape index (κ2) is 4.45. The van der Waals surface area contributed by atoms with Crippen LogP contribution in [0.15, 0.2) is 22.7 Å². The lowest BCUT2D eigenvalue weighted by Gasteiger charge is -2.25. The third-order valence-electron chi connectivity index (χ3n) is 3.12. The first kappa shape index (κ1) is 11.5. The number of nitrogens with zero attached hydrogens (tertiary/aromatic N) is 1. The molecular formula is C12H14BrNO2. The highest BCUT2D eigenvalue weighted by atomic mass is 79.9. The van der Waals surface area contributed by atoms with Crippen LogP contribution in [-0.4, -0.2) is 22.6 Å². The zero-order valence-corrected chi connectivity index (χ0v) is 10.7. The molecule has 1 aliphatic rings. The Bertz CT molecular complexity index is 419. The first-order valence-electron chi connectivity index (χ1n) is 5.41. The number of amides is 1. The predicted octanol–water partition coefficient (Wildman–Crippen LogP) is 3.44. The SMILES string of the molecule is CCN(C(=O)O)C1CCc2ccc(Br)cc21. The molecule has 0 bridgehead atoms. The Hall–Kier alpha value is -1.03. The van der Waals surface area contributed by atoms with Crippen molar-refractivity contribution in [1.82, 2.24) is 4.90 Å². The molecule has 1 aromatic carbocycles. The van der Waals surface area contributed by atoms with E-state index in [1.54, 1.807) is 0 Å². The van der Waals surface area contributed by atoms with Gasteiger partial charge < -0.3 is 10.0 Å². The molecule has 0 saturated heterocycles. The normalized spacial score (nSPS) is 18.2. The number of rotatable bonds is 2. The van der Waals surface area contributed by atoms with Crippen molar-refractivity contribution in [3.8, 4) is 0 Å². The fraction of sp³-hybridized carbons (Fsp3) is 0.417. The van der Waals surface area contributed by atoms with Crippen LogP contribution in [0.25, 0.3) is 0 Å². The molecule has 1 aliphatic carbocycles. The second-order valence-corrected chi connectivity index (χ2v) is 4.88. The maximum absolute atomic E-state index is 11.1. The van der Waals surface area contributed by atoms with Gasteiger partial charge in [-0.3, -0.25) is 0 Å². The molecule has 0 aromatic heterocycles. The van der Waals surface area contributed by atoms with Gasteiger partial charge in [-0.25, -0.2) is 4.79 Å². The van der Waals surface area contributed by atoms with Crippen LogP contribution in [-0.2, 0) is 6.42 Å². The molecule has 0 fully saturated rings. The molecule has 4 heteroatoms. The average Bonchev–Trinajstić information content (AvgIpc) is 2.62. The predicted molar refractivity (Wildman–Crippen MR) is 65.6 cm³/mol. The van der Waals surface area contributed by atoms with Crippen molar-refractivity contribution in [3.05, 3.63) is 33.8 Å². The molecule has 1 N–H and O–H groups in total. The molecule has 0 saturated carbocycles. The Labute approximate surface area is 103 Å². The summed E-state index contributed by atoms with van der Waals surface area (Å²) in [5.41, 5.74) is 2.42. The summed E-state index contributed by atoms with van der Waals surface area (Å²) in [5, 5.41) is 9.14. The van der Waals surface area contributed by atoms with E-state index in [9.17, 15) is 4.79 Å². The van der Waals surface area contributed by atoms with Gasteiger partial charge in [0.05, 0.1) is 6.04 Å². The highest BCUT2D eigenvalue weighted by Gasteiger charge is 2.29. The molecule has 1 atom stereocenters. The molecule has 0 spiro atoms. The van der Waals surface area contributed by atoms with Crippen LogP contribution < -0.4 is 0 Å². The summed E-state index contributed by atoms with van der Waals surface area (Å²) in [5.74, 6) is 0. The van der Waals surface area contributed by atoms with Gasteiger partial charge in [-0.15, -0.1) is 0 Å². The summed E-state index contributed by atoms with van der Waals surface area (Å²) in [6.07, 6.45) is 1.03. The standard InChI is InChI=1S/C12H14BrNO2/c1-2-14(12(15)16)11-6-4-8-3-5-9(13)7-10(8)11/h3,5,7,11H,2,4,6H2,1H3,(H,15,16). The Morgan fingerprint density at radius 1 is 1.62 bits per heavy atom. The van der Waals surface area contributed by atoms with Gasteiger partial charge in [-0.05, 0) is 43.0 Å². The molecule has 3 nitrogen and oxygen atoms in total. The van der Waals surface area contributed by atoms with Crippen LogP contribution in [0.3, 0.4) is 0 Å². The number of carboxylic acid groups (broad SMARTS) is 1. The molecule has 86 valence electrons. The van der Waals surface area contributed by atoms with E-state index in [0.29, 0.717) is 6.54 Å². The first-order chi connectivity index (χ1) is 7.63. The van der Waals surface area contributed by atoms with E-state index in [0.717, 1.165) is 22.9 Å². The summed E-state index contributed by atoms with van der Waals surface area (Å²) in [4.78, 5) is 12.6. The lowest BCUT2D eigenvalue weighted by atomic mass is 10.1. The van der Waals surface area contributed by atoms with Gasteiger partial charge in [-0.2, -0.15) is 0 Å². The molecule has 2 rings (SSSR count). The van der Waals surface area contributed by atoms with Gasteiger partial charge in [0.15, 0.2) is 0 Å². The summed E-state index contributed by atoms with van der Waals surface area (Å²) < 4.78 is 1.01. The molecule has 1 unspecified atom stereocenters. The molecule has 1 aromatic rings. The second-order valence-electron chi connectivity index (χ2n) is 3.97. The van der Waals surface area contributed by atoms with E-state index < -0.39 is 6.09 Å². The summed E-state index contributed by atoms with van der Waals surface area (Å²) in [7, 11) is 0. The Kier molecular flexibility index (Phi) is 3.19. The third kappa shape index (κ3) is 1.94. The van der Waals surface area contributed by atoms with Crippen molar-refractivity contribution in [3.63, 3.8) is 0 Å². The Morgan fingerprint density at radius 3 is 3.00 bits per heavy atom. The summed E-state index contributed by atoms with van der Waals surface area (Å²) in [6.45, 7) is 2.41. The number of fused-ring (bicyclic) bond motifs is 1. The Morgan fingerprint density at radius 2 is 2.38 bits per heavy atom. The number of halogens is 1. The smallest absolute Gasteiger partial charge is 0.407 e. The van der Waals surface area contributed by atoms with Gasteiger partial charge in [0, 0.05) is 11.0 Å². The molecule has 16 heavy (non-hydrogen) atoms. The molecule has 0 radical (unpaired) electrons. The van der Waals surface area contributed by atoms with Crippen molar-refractivity contribution < 1.29 is 9.90 Å². The van der Waals surface area contributed by atoms with Crippen molar-refractivity contribution in [2.24, 2.45) is 0 Å². The van der Waals surface area contributed by atoms with Crippen LogP contribution in [0.2, 0.25) is 0 Å². The minimum atomic E-state index is -0.833. The van der Waals surface area contributed by atoms with Crippen molar-refractivity contribution >= 4 is 22.0 Å². The zero-order valence-electron chi connectivity index (χ0n) is 9.11. The molecule has 0 aliphatic heterocycles. The molecule has 0 heterocycles. The molecule has 1 amide bonds. The van der Waals surface area contributed by atoms with Gasteiger partial charge in [0.2, 0.25) is 0 Å². The highest BCUT2D eigenvalue weighted by molar-refractivity contribution is 9.10. The fourth-order valence-corrected chi connectivity index (χ4v) is 2.74. The van der Waals surface area contributed by atoms with Crippen LogP contribution in [0, 0.1) is 0 Å². The van der Waals surface area contributed by atoms with Gasteiger partial charge >= 0.3 is 6.09 Å². The largest absolute Gasteiger partial charge is 0.465 e. The minimum absolute atomic E-state index is 0.0231. The van der Waals surface area contributed by atoms with E-state index >= 15 is 0 Å². The van der Waals surface area contributed by atoms with E-state index in [1.165, 1.54) is 10.5 Å². The molecular weight excluding hydrogens is 270 g/mol. The number of hydrogen-bond acceptors (Lipinski definition) is 1. The quantitative estimate of drug-likeness (QED) is 0.903. The lowest BCUT2D eigenvalue weighted by molar-refractivity contribution is 0.127. The third-order valence-corrected chi connectivity index (χ3v) is 3.61. The number of aryl methyl sites for hydroxylation is 1. The summed E-state index contributed by atoms with van der Waals surface area (Å²) in [6, 6.07) is 6.15.